The number of urea groups is 1. The second-order valence-electron chi connectivity index (χ2n) is 6.19. The first-order valence-electron chi connectivity index (χ1n) is 8.56. The number of carbonyl (C=O) groups excluding carboxylic acids is 1. The van der Waals surface area contributed by atoms with Crippen LogP contribution in [0.4, 0.5) is 4.79 Å². The van der Waals surface area contributed by atoms with Gasteiger partial charge in [-0.15, -0.1) is 0 Å². The fraction of sp³-hybridized carbons (Fsp3) is 0.611. The number of rotatable bonds is 7. The Bertz CT molecular complexity index is 513. The van der Waals surface area contributed by atoms with Crippen molar-refractivity contribution in [2.45, 2.75) is 57.6 Å². The highest BCUT2D eigenvalue weighted by Crippen LogP contribution is 2.29. The van der Waals surface area contributed by atoms with Crippen LogP contribution >= 0.6 is 0 Å². The zero-order chi connectivity index (χ0) is 16.7. The minimum absolute atomic E-state index is 0.115. The molecule has 1 aromatic rings. The normalized spacial score (nSPS) is 17.5. The smallest absolute Gasteiger partial charge is 0.315 e. The van der Waals surface area contributed by atoms with Gasteiger partial charge >= 0.3 is 6.03 Å². The van der Waals surface area contributed by atoms with E-state index >= 15 is 0 Å². The Morgan fingerprint density at radius 3 is 2.65 bits per heavy atom. The summed E-state index contributed by atoms with van der Waals surface area (Å²) in [6, 6.07) is 7.41. The van der Waals surface area contributed by atoms with Crippen LogP contribution in [0, 0.1) is 0 Å². The minimum atomic E-state index is -0.734. The Morgan fingerprint density at radius 2 is 2.00 bits per heavy atom. The van der Waals surface area contributed by atoms with Crippen molar-refractivity contribution in [3.8, 4) is 5.75 Å². The first-order valence-corrected chi connectivity index (χ1v) is 8.56. The molecule has 1 unspecified atom stereocenters. The number of ether oxygens (including phenoxy) is 1. The number of para-hydroxylation sites is 1. The van der Waals surface area contributed by atoms with Gasteiger partial charge in [-0.2, -0.15) is 0 Å². The van der Waals surface area contributed by atoms with Crippen molar-refractivity contribution in [1.82, 2.24) is 10.6 Å². The zero-order valence-electron chi connectivity index (χ0n) is 14.1. The Balaban J connectivity index is 1.94. The van der Waals surface area contributed by atoms with Crippen LogP contribution in [0.15, 0.2) is 24.3 Å². The van der Waals surface area contributed by atoms with E-state index in [1.54, 1.807) is 0 Å². The number of aliphatic hydroxyl groups is 1. The fourth-order valence-corrected chi connectivity index (χ4v) is 3.12. The summed E-state index contributed by atoms with van der Waals surface area (Å²) < 4.78 is 5.65. The van der Waals surface area contributed by atoms with E-state index in [4.69, 9.17) is 4.74 Å². The van der Waals surface area contributed by atoms with Gasteiger partial charge in [-0.3, -0.25) is 0 Å². The summed E-state index contributed by atoms with van der Waals surface area (Å²) in [6.07, 6.45) is 4.34. The molecule has 128 valence electrons. The largest absolute Gasteiger partial charge is 0.494 e. The van der Waals surface area contributed by atoms with Crippen LogP contribution in [-0.4, -0.2) is 29.9 Å². The molecule has 1 atom stereocenters. The topological polar surface area (TPSA) is 70.6 Å². The number of benzene rings is 1. The molecule has 2 amide bonds. The van der Waals surface area contributed by atoms with Crippen LogP contribution < -0.4 is 15.4 Å². The van der Waals surface area contributed by atoms with Crippen molar-refractivity contribution < 1.29 is 14.6 Å². The van der Waals surface area contributed by atoms with Gasteiger partial charge in [-0.05, 0) is 32.3 Å². The molecular formula is C18H28N2O3. The molecule has 0 radical (unpaired) electrons. The van der Waals surface area contributed by atoms with Gasteiger partial charge in [-0.25, -0.2) is 4.79 Å². The Labute approximate surface area is 138 Å². The second kappa shape index (κ2) is 8.20. The van der Waals surface area contributed by atoms with Crippen molar-refractivity contribution in [3.63, 3.8) is 0 Å². The van der Waals surface area contributed by atoms with Crippen LogP contribution in [0.25, 0.3) is 0 Å². The molecule has 2 rings (SSSR count). The van der Waals surface area contributed by atoms with E-state index in [-0.39, 0.29) is 12.1 Å². The maximum atomic E-state index is 12.2. The van der Waals surface area contributed by atoms with Gasteiger partial charge in [0.05, 0.1) is 18.2 Å². The quantitative estimate of drug-likeness (QED) is 0.723. The van der Waals surface area contributed by atoms with E-state index in [2.05, 4.69) is 10.6 Å². The Hall–Kier alpha value is -1.75. The molecule has 5 heteroatoms. The third-order valence-electron chi connectivity index (χ3n) is 4.42. The van der Waals surface area contributed by atoms with Crippen molar-refractivity contribution in [2.24, 2.45) is 0 Å². The Kier molecular flexibility index (Phi) is 6.28. The standard InChI is InChI=1S/C18H28N2O3/c1-3-15(14-9-5-6-10-16(14)23-4-2)20-17(21)19-13-18(22)11-7-8-12-18/h5-6,9-10,15,22H,3-4,7-8,11-13H2,1-2H3,(H2,19,20,21). The molecule has 23 heavy (non-hydrogen) atoms. The number of amides is 2. The summed E-state index contributed by atoms with van der Waals surface area (Å²) in [4.78, 5) is 12.2. The van der Waals surface area contributed by atoms with Crippen LogP contribution in [0.1, 0.15) is 57.6 Å². The molecule has 0 spiro atoms. The number of hydrogen-bond acceptors (Lipinski definition) is 3. The molecule has 1 aromatic carbocycles. The van der Waals surface area contributed by atoms with Gasteiger partial charge in [0.15, 0.2) is 0 Å². The first kappa shape index (κ1) is 17.6. The van der Waals surface area contributed by atoms with Crippen molar-refractivity contribution in [2.75, 3.05) is 13.2 Å². The molecule has 0 heterocycles. The monoisotopic (exact) mass is 320 g/mol. The van der Waals surface area contributed by atoms with Gasteiger partial charge < -0.3 is 20.5 Å². The lowest BCUT2D eigenvalue weighted by atomic mass is 10.0. The highest BCUT2D eigenvalue weighted by atomic mass is 16.5. The van der Waals surface area contributed by atoms with Crippen LogP contribution in [-0.2, 0) is 0 Å². The van der Waals surface area contributed by atoms with Crippen LogP contribution in [0.3, 0.4) is 0 Å². The fourth-order valence-electron chi connectivity index (χ4n) is 3.12. The van der Waals surface area contributed by atoms with E-state index in [1.807, 2.05) is 38.1 Å². The predicted octanol–water partition coefficient (Wildman–Crippen LogP) is 3.14. The highest BCUT2D eigenvalue weighted by molar-refractivity contribution is 5.74. The molecular weight excluding hydrogens is 292 g/mol. The molecule has 0 aliphatic heterocycles. The summed E-state index contributed by atoms with van der Waals surface area (Å²) in [6.45, 7) is 4.87. The zero-order valence-corrected chi connectivity index (χ0v) is 14.1. The molecule has 0 aromatic heterocycles. The molecule has 5 nitrogen and oxygen atoms in total. The minimum Gasteiger partial charge on any atom is -0.494 e. The lowest BCUT2D eigenvalue weighted by Gasteiger charge is -2.24. The summed E-state index contributed by atoms with van der Waals surface area (Å²) in [7, 11) is 0. The van der Waals surface area contributed by atoms with Gasteiger partial charge in [0, 0.05) is 12.1 Å². The molecule has 3 N–H and O–H groups in total. The SMILES string of the molecule is CCOc1ccccc1C(CC)NC(=O)NCC1(O)CCCC1. The summed E-state index contributed by atoms with van der Waals surface area (Å²) in [5.74, 6) is 0.802. The van der Waals surface area contributed by atoms with E-state index < -0.39 is 5.60 Å². The van der Waals surface area contributed by atoms with E-state index in [1.165, 1.54) is 0 Å². The molecule has 1 aliphatic carbocycles. The van der Waals surface area contributed by atoms with E-state index in [0.29, 0.717) is 13.2 Å². The number of nitrogens with one attached hydrogen (secondary N) is 2. The first-order chi connectivity index (χ1) is 11.1. The maximum Gasteiger partial charge on any atom is 0.315 e. The summed E-state index contributed by atoms with van der Waals surface area (Å²) >= 11 is 0. The second-order valence-corrected chi connectivity index (χ2v) is 6.19. The molecule has 1 saturated carbocycles. The highest BCUT2D eigenvalue weighted by Gasteiger charge is 2.31. The number of hydrogen-bond donors (Lipinski definition) is 3. The average Bonchev–Trinajstić information content (AvgIpc) is 2.99. The van der Waals surface area contributed by atoms with Gasteiger partial charge in [0.25, 0.3) is 0 Å². The summed E-state index contributed by atoms with van der Waals surface area (Å²) in [5.41, 5.74) is 0.244. The molecule has 1 aliphatic rings. The lowest BCUT2D eigenvalue weighted by Crippen LogP contribution is -2.45. The maximum absolute atomic E-state index is 12.2. The predicted molar refractivity (Wildman–Crippen MR) is 90.6 cm³/mol. The Morgan fingerprint density at radius 1 is 1.30 bits per heavy atom. The van der Waals surface area contributed by atoms with Crippen LogP contribution in [0.5, 0.6) is 5.75 Å². The molecule has 0 saturated heterocycles. The molecule has 0 bridgehead atoms. The average molecular weight is 320 g/mol. The van der Waals surface area contributed by atoms with Crippen molar-refractivity contribution in [1.29, 1.82) is 0 Å². The van der Waals surface area contributed by atoms with Gasteiger partial charge in [0.2, 0.25) is 0 Å². The van der Waals surface area contributed by atoms with E-state index in [9.17, 15) is 9.90 Å². The van der Waals surface area contributed by atoms with Crippen molar-refractivity contribution in [3.05, 3.63) is 29.8 Å². The van der Waals surface area contributed by atoms with Gasteiger partial charge in [-0.1, -0.05) is 38.0 Å². The third-order valence-corrected chi connectivity index (χ3v) is 4.42. The molecule has 1 fully saturated rings. The van der Waals surface area contributed by atoms with E-state index in [0.717, 1.165) is 43.4 Å². The van der Waals surface area contributed by atoms with Crippen molar-refractivity contribution >= 4 is 6.03 Å². The van der Waals surface area contributed by atoms with Crippen LogP contribution in [0.2, 0.25) is 0 Å². The third kappa shape index (κ3) is 4.86. The summed E-state index contributed by atoms with van der Waals surface area (Å²) in [5, 5.41) is 16.1. The van der Waals surface area contributed by atoms with Gasteiger partial charge in [0.1, 0.15) is 5.75 Å². The number of carbonyl (C=O) groups is 1. The lowest BCUT2D eigenvalue weighted by molar-refractivity contribution is 0.0500.